The Labute approximate surface area is 118 Å². The van der Waals surface area contributed by atoms with Crippen molar-refractivity contribution < 1.29 is 14.3 Å². The highest BCUT2D eigenvalue weighted by Crippen LogP contribution is 2.10. The summed E-state index contributed by atoms with van der Waals surface area (Å²) in [6, 6.07) is 2.89. The van der Waals surface area contributed by atoms with Gasteiger partial charge in [0.25, 0.3) is 5.91 Å². The number of thiophene rings is 1. The fourth-order valence-corrected chi connectivity index (χ4v) is 2.37. The van der Waals surface area contributed by atoms with E-state index in [0.29, 0.717) is 10.8 Å². The Balaban J connectivity index is 2.42. The summed E-state index contributed by atoms with van der Waals surface area (Å²) in [7, 11) is 0. The lowest BCUT2D eigenvalue weighted by Gasteiger charge is -2.18. The lowest BCUT2D eigenvalue weighted by atomic mass is 10.1. The van der Waals surface area contributed by atoms with Crippen molar-refractivity contribution >= 4 is 23.2 Å². The molecule has 106 valence electrons. The van der Waals surface area contributed by atoms with Crippen LogP contribution in [0.15, 0.2) is 17.5 Å². The molecule has 0 radical (unpaired) electrons. The number of hydrogen-bond acceptors (Lipinski definition) is 4. The summed E-state index contributed by atoms with van der Waals surface area (Å²) in [6.07, 6.45) is 0.686. The molecule has 5 heteroatoms. The average Bonchev–Trinajstić information content (AvgIpc) is 2.80. The number of amides is 1. The van der Waals surface area contributed by atoms with Gasteiger partial charge in [0, 0.05) is 0 Å². The van der Waals surface area contributed by atoms with E-state index in [1.54, 1.807) is 19.1 Å². The van der Waals surface area contributed by atoms with Crippen LogP contribution in [-0.2, 0) is 9.53 Å². The van der Waals surface area contributed by atoms with E-state index in [0.717, 1.165) is 6.42 Å². The Kier molecular flexibility index (Phi) is 6.02. The summed E-state index contributed by atoms with van der Waals surface area (Å²) in [4.78, 5) is 24.2. The van der Waals surface area contributed by atoms with Crippen LogP contribution in [0.25, 0.3) is 0 Å². The van der Waals surface area contributed by atoms with Gasteiger partial charge in [0.15, 0.2) is 0 Å². The van der Waals surface area contributed by atoms with Crippen LogP contribution < -0.4 is 5.32 Å². The Hall–Kier alpha value is -1.36. The Morgan fingerprint density at radius 2 is 2.00 bits per heavy atom. The molecule has 1 rings (SSSR count). The lowest BCUT2D eigenvalue weighted by molar-refractivity contribution is -0.150. The molecule has 1 amide bonds. The maximum Gasteiger partial charge on any atom is 0.328 e. The molecule has 0 aliphatic rings. The zero-order valence-corrected chi connectivity index (χ0v) is 12.6. The summed E-state index contributed by atoms with van der Waals surface area (Å²) in [5.74, 6) is -0.159. The normalized spacial score (nSPS) is 13.9. The molecule has 1 heterocycles. The molecule has 1 aromatic rings. The molecular formula is C14H21NO3S. The number of carbonyl (C=O) groups is 2. The predicted octanol–water partition coefficient (Wildman–Crippen LogP) is 2.84. The minimum Gasteiger partial charge on any atom is -0.461 e. The van der Waals surface area contributed by atoms with E-state index in [1.165, 1.54) is 11.3 Å². The van der Waals surface area contributed by atoms with E-state index < -0.39 is 12.0 Å². The molecule has 0 unspecified atom stereocenters. The van der Waals surface area contributed by atoms with Crippen LogP contribution >= 0.6 is 11.3 Å². The largest absolute Gasteiger partial charge is 0.461 e. The van der Waals surface area contributed by atoms with Gasteiger partial charge < -0.3 is 10.1 Å². The molecule has 19 heavy (non-hydrogen) atoms. The molecule has 0 saturated carbocycles. The summed E-state index contributed by atoms with van der Waals surface area (Å²) < 4.78 is 5.29. The second kappa shape index (κ2) is 7.28. The van der Waals surface area contributed by atoms with Crippen LogP contribution in [0.5, 0.6) is 0 Å². The number of ether oxygens (including phenoxy) is 1. The summed E-state index contributed by atoms with van der Waals surface area (Å²) in [6.45, 7) is 7.65. The van der Waals surface area contributed by atoms with Crippen molar-refractivity contribution in [3.63, 3.8) is 0 Å². The molecule has 0 aromatic carbocycles. The van der Waals surface area contributed by atoms with Crippen LogP contribution in [0.2, 0.25) is 0 Å². The number of esters is 1. The molecule has 0 spiro atoms. The van der Waals surface area contributed by atoms with Gasteiger partial charge in [-0.25, -0.2) is 4.79 Å². The van der Waals surface area contributed by atoms with E-state index in [9.17, 15) is 9.59 Å². The molecule has 0 aliphatic carbocycles. The van der Waals surface area contributed by atoms with Crippen molar-refractivity contribution in [3.8, 4) is 0 Å². The van der Waals surface area contributed by atoms with Crippen LogP contribution in [0.3, 0.4) is 0 Å². The number of nitrogens with one attached hydrogen (secondary N) is 1. The van der Waals surface area contributed by atoms with E-state index in [4.69, 9.17) is 4.74 Å². The topological polar surface area (TPSA) is 55.4 Å². The third-order valence-corrected chi connectivity index (χ3v) is 3.44. The van der Waals surface area contributed by atoms with Gasteiger partial charge in [0.2, 0.25) is 0 Å². The maximum absolute atomic E-state index is 11.8. The minimum atomic E-state index is -0.635. The van der Waals surface area contributed by atoms with Crippen molar-refractivity contribution in [2.45, 2.75) is 46.3 Å². The van der Waals surface area contributed by atoms with Crippen molar-refractivity contribution in [2.75, 3.05) is 0 Å². The van der Waals surface area contributed by atoms with Gasteiger partial charge in [-0.3, -0.25) is 4.79 Å². The molecule has 0 aliphatic heterocycles. The first kappa shape index (κ1) is 15.7. The van der Waals surface area contributed by atoms with Gasteiger partial charge in [0.1, 0.15) is 6.04 Å². The molecule has 1 aromatic heterocycles. The molecule has 0 saturated heterocycles. The highest BCUT2D eigenvalue weighted by Gasteiger charge is 2.20. The minimum absolute atomic E-state index is 0.131. The van der Waals surface area contributed by atoms with Crippen LogP contribution in [0.4, 0.5) is 0 Å². The highest BCUT2D eigenvalue weighted by atomic mass is 32.1. The van der Waals surface area contributed by atoms with Gasteiger partial charge in [0.05, 0.1) is 11.0 Å². The van der Waals surface area contributed by atoms with Crippen molar-refractivity contribution in [1.29, 1.82) is 0 Å². The zero-order valence-electron chi connectivity index (χ0n) is 11.8. The first-order valence-electron chi connectivity index (χ1n) is 6.45. The summed E-state index contributed by atoms with van der Waals surface area (Å²) in [5, 5.41) is 4.46. The maximum atomic E-state index is 11.8. The average molecular weight is 283 g/mol. The van der Waals surface area contributed by atoms with E-state index in [-0.39, 0.29) is 12.0 Å². The molecule has 0 fully saturated rings. The third-order valence-electron chi connectivity index (χ3n) is 2.57. The monoisotopic (exact) mass is 283 g/mol. The number of rotatable bonds is 6. The SMILES string of the molecule is CC(C)C[C@@H](C)OC(=O)[C@@H](C)NC(=O)c1cccs1. The smallest absolute Gasteiger partial charge is 0.328 e. The first-order valence-corrected chi connectivity index (χ1v) is 7.33. The Morgan fingerprint density at radius 1 is 1.32 bits per heavy atom. The second-order valence-electron chi connectivity index (χ2n) is 5.05. The van der Waals surface area contributed by atoms with Crippen molar-refractivity contribution in [2.24, 2.45) is 5.92 Å². The van der Waals surface area contributed by atoms with Gasteiger partial charge in [-0.1, -0.05) is 19.9 Å². The summed E-state index contributed by atoms with van der Waals surface area (Å²) >= 11 is 1.34. The van der Waals surface area contributed by atoms with E-state index in [1.807, 2.05) is 12.3 Å². The second-order valence-corrected chi connectivity index (χ2v) is 6.00. The van der Waals surface area contributed by atoms with Gasteiger partial charge in [-0.05, 0) is 37.6 Å². The molecule has 2 atom stereocenters. The molecule has 1 N–H and O–H groups in total. The van der Waals surface area contributed by atoms with Gasteiger partial charge in [-0.15, -0.1) is 11.3 Å². The van der Waals surface area contributed by atoms with E-state index >= 15 is 0 Å². The quantitative estimate of drug-likeness (QED) is 0.817. The predicted molar refractivity (Wildman–Crippen MR) is 76.3 cm³/mol. The number of carbonyl (C=O) groups excluding carboxylic acids is 2. The fourth-order valence-electron chi connectivity index (χ4n) is 1.75. The molecule has 4 nitrogen and oxygen atoms in total. The lowest BCUT2D eigenvalue weighted by Crippen LogP contribution is -2.40. The third kappa shape index (κ3) is 5.42. The zero-order chi connectivity index (χ0) is 14.4. The highest BCUT2D eigenvalue weighted by molar-refractivity contribution is 7.12. The standard InChI is InChI=1S/C14H21NO3S/c1-9(2)8-10(3)18-14(17)11(4)15-13(16)12-6-5-7-19-12/h5-7,9-11H,8H2,1-4H3,(H,15,16)/t10-,11-/m1/s1. The Morgan fingerprint density at radius 3 is 2.53 bits per heavy atom. The van der Waals surface area contributed by atoms with Crippen molar-refractivity contribution in [1.82, 2.24) is 5.32 Å². The van der Waals surface area contributed by atoms with Gasteiger partial charge in [-0.2, -0.15) is 0 Å². The van der Waals surface area contributed by atoms with E-state index in [2.05, 4.69) is 19.2 Å². The van der Waals surface area contributed by atoms with Crippen LogP contribution in [0, 0.1) is 5.92 Å². The van der Waals surface area contributed by atoms with Crippen molar-refractivity contribution in [3.05, 3.63) is 22.4 Å². The summed E-state index contributed by atoms with van der Waals surface area (Å²) in [5.41, 5.74) is 0. The first-order chi connectivity index (χ1) is 8.90. The van der Waals surface area contributed by atoms with Crippen LogP contribution in [-0.4, -0.2) is 24.0 Å². The van der Waals surface area contributed by atoms with Gasteiger partial charge >= 0.3 is 5.97 Å². The number of hydrogen-bond donors (Lipinski definition) is 1. The van der Waals surface area contributed by atoms with Crippen LogP contribution in [0.1, 0.15) is 43.8 Å². The fraction of sp³-hybridized carbons (Fsp3) is 0.571. The molecular weight excluding hydrogens is 262 g/mol. The molecule has 0 bridgehead atoms. The Bertz CT molecular complexity index is 414.